The van der Waals surface area contributed by atoms with Crippen molar-refractivity contribution >= 4 is 17.3 Å². The molecule has 2 rings (SSSR count). The molecular weight excluding hydrogens is 233 g/mol. The number of anilines is 2. The first kappa shape index (κ1) is 12.7. The molecule has 18 heavy (non-hydrogen) atoms. The van der Waals surface area contributed by atoms with Gasteiger partial charge in [0.05, 0.1) is 11.4 Å². The Hall–Kier alpha value is -1.78. The van der Waals surface area contributed by atoms with Crippen LogP contribution in [0.3, 0.4) is 0 Å². The second kappa shape index (κ2) is 4.84. The van der Waals surface area contributed by atoms with Crippen LogP contribution in [0.4, 0.5) is 15.8 Å². The molecule has 1 aliphatic heterocycles. The highest BCUT2D eigenvalue weighted by molar-refractivity contribution is 5.74. The van der Waals surface area contributed by atoms with E-state index < -0.39 is 0 Å². The van der Waals surface area contributed by atoms with E-state index in [9.17, 15) is 9.18 Å². The van der Waals surface area contributed by atoms with E-state index in [2.05, 4.69) is 10.2 Å². The number of hydrogen-bond donors (Lipinski definition) is 2. The Bertz CT molecular complexity index is 476. The Morgan fingerprint density at radius 1 is 1.56 bits per heavy atom. The highest BCUT2D eigenvalue weighted by Gasteiger charge is 2.24. The van der Waals surface area contributed by atoms with Gasteiger partial charge in [0.25, 0.3) is 0 Å². The molecule has 4 nitrogen and oxygen atoms in total. The van der Waals surface area contributed by atoms with Crippen LogP contribution < -0.4 is 16.0 Å². The number of rotatable bonds is 2. The van der Waals surface area contributed by atoms with Crippen LogP contribution in [-0.2, 0) is 4.79 Å². The van der Waals surface area contributed by atoms with Crippen molar-refractivity contribution in [3.63, 3.8) is 0 Å². The third kappa shape index (κ3) is 2.55. The number of nitrogens with one attached hydrogen (secondary N) is 1. The number of amides is 1. The lowest BCUT2D eigenvalue weighted by atomic mass is 10.1. The fourth-order valence-corrected chi connectivity index (χ4v) is 2.34. The summed E-state index contributed by atoms with van der Waals surface area (Å²) in [6.07, 6.45) is 0.884. The first-order valence-corrected chi connectivity index (χ1v) is 6.05. The maximum atomic E-state index is 13.3. The Balaban J connectivity index is 2.14. The van der Waals surface area contributed by atoms with E-state index in [1.54, 1.807) is 13.0 Å². The summed E-state index contributed by atoms with van der Waals surface area (Å²) in [7, 11) is 0. The van der Waals surface area contributed by atoms with Crippen molar-refractivity contribution in [1.82, 2.24) is 5.32 Å². The topological polar surface area (TPSA) is 58.4 Å². The van der Waals surface area contributed by atoms with Crippen LogP contribution in [0.2, 0.25) is 0 Å². The molecule has 0 saturated carbocycles. The zero-order valence-electron chi connectivity index (χ0n) is 10.7. The minimum absolute atomic E-state index is 0.0230. The van der Waals surface area contributed by atoms with E-state index in [0.717, 1.165) is 25.2 Å². The summed E-state index contributed by atoms with van der Waals surface area (Å²) in [4.78, 5) is 13.1. The number of aryl methyl sites for hydroxylation is 1. The molecule has 1 fully saturated rings. The quantitative estimate of drug-likeness (QED) is 0.782. The van der Waals surface area contributed by atoms with Crippen LogP contribution in [-0.4, -0.2) is 25.0 Å². The molecule has 0 radical (unpaired) electrons. The summed E-state index contributed by atoms with van der Waals surface area (Å²) in [5.74, 6) is -0.307. The number of benzene rings is 1. The maximum absolute atomic E-state index is 13.3. The fraction of sp³-hybridized carbons (Fsp3) is 0.462. The Morgan fingerprint density at radius 2 is 2.28 bits per heavy atom. The molecular formula is C13H18FN3O. The molecule has 1 amide bonds. The van der Waals surface area contributed by atoms with Gasteiger partial charge in [-0.05, 0) is 31.0 Å². The van der Waals surface area contributed by atoms with E-state index in [-0.39, 0.29) is 17.8 Å². The summed E-state index contributed by atoms with van der Waals surface area (Å²) in [6.45, 7) is 4.77. The SMILES string of the molecule is CC(=O)NC1CCN(c2cc(C)c(F)cc2N)C1. The van der Waals surface area contributed by atoms with Crippen molar-refractivity contribution < 1.29 is 9.18 Å². The molecule has 0 aromatic heterocycles. The molecule has 1 atom stereocenters. The van der Waals surface area contributed by atoms with Gasteiger partial charge in [-0.3, -0.25) is 4.79 Å². The highest BCUT2D eigenvalue weighted by atomic mass is 19.1. The van der Waals surface area contributed by atoms with Gasteiger partial charge in [0.1, 0.15) is 5.82 Å². The van der Waals surface area contributed by atoms with E-state index in [1.807, 2.05) is 0 Å². The first-order valence-electron chi connectivity index (χ1n) is 6.05. The molecule has 1 aliphatic rings. The van der Waals surface area contributed by atoms with Crippen molar-refractivity contribution in [2.75, 3.05) is 23.7 Å². The summed E-state index contributed by atoms with van der Waals surface area (Å²) in [5, 5.41) is 2.89. The van der Waals surface area contributed by atoms with Gasteiger partial charge in [0.15, 0.2) is 0 Å². The summed E-state index contributed by atoms with van der Waals surface area (Å²) in [6, 6.07) is 3.27. The van der Waals surface area contributed by atoms with Crippen LogP contribution in [0.1, 0.15) is 18.9 Å². The predicted octanol–water partition coefficient (Wildman–Crippen LogP) is 1.43. The zero-order valence-corrected chi connectivity index (χ0v) is 10.7. The van der Waals surface area contributed by atoms with Crippen LogP contribution in [0, 0.1) is 12.7 Å². The van der Waals surface area contributed by atoms with Crippen molar-refractivity contribution in [2.45, 2.75) is 26.3 Å². The summed E-state index contributed by atoms with van der Waals surface area (Å²) < 4.78 is 13.3. The van der Waals surface area contributed by atoms with Crippen molar-refractivity contribution in [3.8, 4) is 0 Å². The van der Waals surface area contributed by atoms with Gasteiger partial charge in [0, 0.05) is 26.1 Å². The van der Waals surface area contributed by atoms with E-state index in [0.29, 0.717) is 11.3 Å². The molecule has 0 spiro atoms. The van der Waals surface area contributed by atoms with Gasteiger partial charge in [0.2, 0.25) is 5.91 Å². The molecule has 0 aliphatic carbocycles. The van der Waals surface area contributed by atoms with Gasteiger partial charge in [-0.1, -0.05) is 0 Å². The second-order valence-corrected chi connectivity index (χ2v) is 4.79. The number of nitrogens with two attached hydrogens (primary N) is 1. The van der Waals surface area contributed by atoms with Crippen molar-refractivity contribution in [3.05, 3.63) is 23.5 Å². The Morgan fingerprint density at radius 3 is 2.94 bits per heavy atom. The average molecular weight is 251 g/mol. The fourth-order valence-electron chi connectivity index (χ4n) is 2.34. The molecule has 1 heterocycles. The lowest BCUT2D eigenvalue weighted by Gasteiger charge is -2.21. The van der Waals surface area contributed by atoms with Gasteiger partial charge < -0.3 is 16.0 Å². The molecule has 1 aromatic rings. The summed E-state index contributed by atoms with van der Waals surface area (Å²) >= 11 is 0. The van der Waals surface area contributed by atoms with E-state index in [1.165, 1.54) is 13.0 Å². The lowest BCUT2D eigenvalue weighted by molar-refractivity contribution is -0.119. The zero-order chi connectivity index (χ0) is 13.3. The second-order valence-electron chi connectivity index (χ2n) is 4.79. The third-order valence-electron chi connectivity index (χ3n) is 3.24. The van der Waals surface area contributed by atoms with Crippen molar-refractivity contribution in [2.24, 2.45) is 0 Å². The highest BCUT2D eigenvalue weighted by Crippen LogP contribution is 2.29. The van der Waals surface area contributed by atoms with Gasteiger partial charge in [-0.25, -0.2) is 4.39 Å². The molecule has 1 saturated heterocycles. The number of nitrogens with zero attached hydrogens (tertiary/aromatic N) is 1. The standard InChI is InChI=1S/C13H18FN3O/c1-8-5-13(12(15)6-11(8)14)17-4-3-10(7-17)16-9(2)18/h5-6,10H,3-4,7,15H2,1-2H3,(H,16,18). The van der Waals surface area contributed by atoms with E-state index >= 15 is 0 Å². The molecule has 1 unspecified atom stereocenters. The smallest absolute Gasteiger partial charge is 0.217 e. The Kier molecular flexibility index (Phi) is 3.41. The van der Waals surface area contributed by atoms with Crippen LogP contribution in [0.5, 0.6) is 0 Å². The molecule has 98 valence electrons. The van der Waals surface area contributed by atoms with Gasteiger partial charge >= 0.3 is 0 Å². The minimum atomic E-state index is -0.283. The van der Waals surface area contributed by atoms with Gasteiger partial charge in [-0.15, -0.1) is 0 Å². The molecule has 3 N–H and O–H groups in total. The first-order chi connectivity index (χ1) is 8.47. The molecule has 5 heteroatoms. The van der Waals surface area contributed by atoms with Crippen LogP contribution >= 0.6 is 0 Å². The van der Waals surface area contributed by atoms with E-state index in [4.69, 9.17) is 5.73 Å². The number of nitrogen functional groups attached to an aromatic ring is 1. The summed E-state index contributed by atoms with van der Waals surface area (Å²) in [5.41, 5.74) is 7.73. The van der Waals surface area contributed by atoms with Crippen molar-refractivity contribution in [1.29, 1.82) is 0 Å². The number of hydrogen-bond acceptors (Lipinski definition) is 3. The number of carbonyl (C=O) groups excluding carboxylic acids is 1. The predicted molar refractivity (Wildman–Crippen MR) is 70.0 cm³/mol. The monoisotopic (exact) mass is 251 g/mol. The number of carbonyl (C=O) groups is 1. The third-order valence-corrected chi connectivity index (χ3v) is 3.24. The van der Waals surface area contributed by atoms with Gasteiger partial charge in [-0.2, -0.15) is 0 Å². The number of halogens is 1. The minimum Gasteiger partial charge on any atom is -0.397 e. The average Bonchev–Trinajstić information content (AvgIpc) is 2.70. The maximum Gasteiger partial charge on any atom is 0.217 e. The molecule has 0 bridgehead atoms. The molecule has 1 aromatic carbocycles. The van der Waals surface area contributed by atoms with Crippen LogP contribution in [0.15, 0.2) is 12.1 Å². The lowest BCUT2D eigenvalue weighted by Crippen LogP contribution is -2.35. The Labute approximate surface area is 106 Å². The van der Waals surface area contributed by atoms with Crippen LogP contribution in [0.25, 0.3) is 0 Å². The normalized spacial score (nSPS) is 19.1. The largest absolute Gasteiger partial charge is 0.397 e.